The first-order chi connectivity index (χ1) is 14.6. The van der Waals surface area contributed by atoms with Gasteiger partial charge in [-0.1, -0.05) is 23.7 Å². The van der Waals surface area contributed by atoms with Crippen molar-refractivity contribution < 1.29 is 9.15 Å². The fraction of sp³-hybridized carbons (Fsp3) is 0.227. The zero-order valence-corrected chi connectivity index (χ0v) is 17.8. The number of rotatable bonds is 7. The topological polar surface area (TPSA) is 91.9 Å². The molecular formula is C22H18ClN3O3S. The highest BCUT2D eigenvalue weighted by Gasteiger charge is 2.11. The lowest BCUT2D eigenvalue weighted by Crippen LogP contribution is -2.32. The predicted molar refractivity (Wildman–Crippen MR) is 116 cm³/mol. The number of thiazole rings is 1. The molecule has 30 heavy (non-hydrogen) atoms. The Kier molecular flexibility index (Phi) is 7.26. The molecule has 0 fully saturated rings. The van der Waals surface area contributed by atoms with Gasteiger partial charge in [-0.25, -0.2) is 0 Å². The molecule has 0 radical (unpaired) electrons. The monoisotopic (exact) mass is 439 g/mol. The lowest BCUT2D eigenvalue weighted by Gasteiger charge is -2.02. The van der Waals surface area contributed by atoms with Gasteiger partial charge in [0, 0.05) is 31.4 Å². The summed E-state index contributed by atoms with van der Waals surface area (Å²) in [6, 6.07) is 14.6. The summed E-state index contributed by atoms with van der Waals surface area (Å²) in [6.45, 7) is 3.33. The van der Waals surface area contributed by atoms with Gasteiger partial charge in [0.2, 0.25) is 0 Å². The van der Waals surface area contributed by atoms with Gasteiger partial charge in [-0.05, 0) is 37.6 Å². The Morgan fingerprint density at radius 1 is 1.27 bits per heavy atom. The summed E-state index contributed by atoms with van der Waals surface area (Å²) in [5, 5.41) is 19.1. The number of aromatic nitrogens is 1. The van der Waals surface area contributed by atoms with Crippen LogP contribution in [-0.4, -0.2) is 17.8 Å². The number of hydrogen-bond donors (Lipinski definition) is 0. The van der Waals surface area contributed by atoms with Crippen LogP contribution in [0.15, 0.2) is 45.6 Å². The maximum Gasteiger partial charge on any atom is 0.269 e. The molecule has 3 aromatic rings. The Bertz CT molecular complexity index is 1290. The Labute approximate surface area is 182 Å². The summed E-state index contributed by atoms with van der Waals surface area (Å²) in [5.41, 5.74) is 0.387. The molecule has 0 unspecified atom stereocenters. The number of nitrogens with zero attached hydrogens (tertiary/aromatic N) is 3. The van der Waals surface area contributed by atoms with Gasteiger partial charge < -0.3 is 9.15 Å². The van der Waals surface area contributed by atoms with E-state index in [0.717, 1.165) is 16.9 Å². The van der Waals surface area contributed by atoms with Crippen LogP contribution in [0.3, 0.4) is 0 Å². The maximum atomic E-state index is 12.9. The molecule has 3 rings (SSSR count). The quantitative estimate of drug-likeness (QED) is 0.527. The number of furan rings is 1. The zero-order chi connectivity index (χ0) is 21.5. The van der Waals surface area contributed by atoms with E-state index in [1.54, 1.807) is 24.3 Å². The Morgan fingerprint density at radius 2 is 2.03 bits per heavy atom. The lowest BCUT2D eigenvalue weighted by atomic mass is 10.2. The summed E-state index contributed by atoms with van der Waals surface area (Å²) in [4.78, 5) is 12.9. The number of benzene rings is 1. The van der Waals surface area contributed by atoms with Crippen molar-refractivity contribution in [3.05, 3.63) is 66.7 Å². The molecule has 0 spiro atoms. The van der Waals surface area contributed by atoms with Crippen molar-refractivity contribution in [3.8, 4) is 23.5 Å². The van der Waals surface area contributed by atoms with Crippen molar-refractivity contribution >= 4 is 34.6 Å². The smallest absolute Gasteiger partial charge is 0.269 e. The third-order valence-corrected chi connectivity index (χ3v) is 5.72. The first-order valence-electron chi connectivity index (χ1n) is 9.27. The summed E-state index contributed by atoms with van der Waals surface area (Å²) in [7, 11) is 0. The van der Waals surface area contributed by atoms with E-state index in [0.29, 0.717) is 51.9 Å². The molecule has 2 heterocycles. The molecule has 6 nitrogen and oxygen atoms in total. The molecule has 0 aliphatic carbocycles. The van der Waals surface area contributed by atoms with Crippen LogP contribution in [0.25, 0.3) is 23.0 Å². The van der Waals surface area contributed by atoms with Crippen molar-refractivity contribution in [1.29, 1.82) is 10.5 Å². The Morgan fingerprint density at radius 3 is 2.73 bits per heavy atom. The molecule has 0 aliphatic heterocycles. The second-order valence-corrected chi connectivity index (χ2v) is 7.64. The molecular weight excluding hydrogens is 422 g/mol. The normalized spacial score (nSPS) is 11.3. The van der Waals surface area contributed by atoms with Gasteiger partial charge in [0.05, 0.1) is 9.55 Å². The third-order valence-electron chi connectivity index (χ3n) is 4.26. The molecule has 2 aromatic heterocycles. The van der Waals surface area contributed by atoms with Gasteiger partial charge in [-0.2, -0.15) is 10.5 Å². The number of halogens is 1. The first-order valence-corrected chi connectivity index (χ1v) is 10.5. The van der Waals surface area contributed by atoms with Crippen LogP contribution in [0.5, 0.6) is 0 Å². The zero-order valence-electron chi connectivity index (χ0n) is 16.2. The average molecular weight is 440 g/mol. The minimum atomic E-state index is -0.273. The second kappa shape index (κ2) is 10.1. The SMILES string of the molecule is CCOCCCn1c(=C(C#N)C#N)s/c(=C/c2ccc(-c3ccccc3Cl)o2)c1=O. The highest BCUT2D eigenvalue weighted by molar-refractivity contribution is 7.07. The van der Waals surface area contributed by atoms with Crippen molar-refractivity contribution in [1.82, 2.24) is 4.57 Å². The molecule has 1 aromatic carbocycles. The van der Waals surface area contributed by atoms with Gasteiger partial charge in [-0.15, -0.1) is 11.3 Å². The van der Waals surface area contributed by atoms with Crippen molar-refractivity contribution in [2.24, 2.45) is 0 Å². The van der Waals surface area contributed by atoms with Crippen LogP contribution < -0.4 is 14.8 Å². The summed E-state index contributed by atoms with van der Waals surface area (Å²) >= 11 is 7.32. The van der Waals surface area contributed by atoms with Crippen LogP contribution in [0.1, 0.15) is 19.1 Å². The summed E-state index contributed by atoms with van der Waals surface area (Å²) < 4.78 is 13.3. The molecule has 0 atom stereocenters. The second-order valence-electron chi connectivity index (χ2n) is 6.20. The van der Waals surface area contributed by atoms with Crippen LogP contribution in [0.4, 0.5) is 0 Å². The molecule has 0 saturated carbocycles. The lowest BCUT2D eigenvalue weighted by molar-refractivity contribution is 0.141. The van der Waals surface area contributed by atoms with Crippen LogP contribution in [-0.2, 0) is 11.3 Å². The van der Waals surface area contributed by atoms with E-state index >= 15 is 0 Å². The molecule has 0 saturated heterocycles. The molecule has 0 N–H and O–H groups in total. The van der Waals surface area contributed by atoms with E-state index in [-0.39, 0.29) is 11.1 Å². The number of ether oxygens (including phenoxy) is 1. The molecule has 8 heteroatoms. The first kappa shape index (κ1) is 21.6. The van der Waals surface area contributed by atoms with Crippen LogP contribution in [0, 0.1) is 22.7 Å². The maximum absolute atomic E-state index is 12.9. The van der Waals surface area contributed by atoms with Gasteiger partial charge in [-0.3, -0.25) is 9.36 Å². The van der Waals surface area contributed by atoms with Crippen molar-refractivity contribution in [2.45, 2.75) is 19.9 Å². The molecule has 0 aliphatic rings. The van der Waals surface area contributed by atoms with E-state index in [1.165, 1.54) is 4.57 Å². The van der Waals surface area contributed by atoms with Gasteiger partial charge >= 0.3 is 0 Å². The largest absolute Gasteiger partial charge is 0.457 e. The molecule has 152 valence electrons. The minimum Gasteiger partial charge on any atom is -0.457 e. The number of nitriles is 2. The standard InChI is InChI=1S/C22H18ClN3O3S/c1-2-28-11-5-10-26-21(27)20(30-22(26)15(13-24)14-25)12-16-8-9-19(29-16)17-6-3-4-7-18(17)23/h3-4,6-9,12H,2,5,10-11H2,1H3/b20-12+. The molecule has 0 bridgehead atoms. The predicted octanol–water partition coefficient (Wildman–Crippen LogP) is 3.28. The fourth-order valence-corrected chi connectivity index (χ4v) is 4.15. The van der Waals surface area contributed by atoms with E-state index in [9.17, 15) is 15.3 Å². The van der Waals surface area contributed by atoms with E-state index in [4.69, 9.17) is 20.8 Å². The highest BCUT2D eigenvalue weighted by atomic mass is 35.5. The fourth-order valence-electron chi connectivity index (χ4n) is 2.86. The van der Waals surface area contributed by atoms with Crippen LogP contribution in [0.2, 0.25) is 5.02 Å². The van der Waals surface area contributed by atoms with E-state index in [2.05, 4.69) is 0 Å². The highest BCUT2D eigenvalue weighted by Crippen LogP contribution is 2.29. The summed E-state index contributed by atoms with van der Waals surface area (Å²) in [5.74, 6) is 1.06. The van der Waals surface area contributed by atoms with Crippen LogP contribution >= 0.6 is 22.9 Å². The van der Waals surface area contributed by atoms with Crippen molar-refractivity contribution in [3.63, 3.8) is 0 Å². The Hall–Kier alpha value is -3.10. The number of hydrogen-bond acceptors (Lipinski definition) is 6. The third kappa shape index (κ3) is 4.72. The molecule has 0 amide bonds. The van der Waals surface area contributed by atoms with E-state index < -0.39 is 0 Å². The summed E-state index contributed by atoms with van der Waals surface area (Å²) in [6.07, 6.45) is 2.21. The van der Waals surface area contributed by atoms with Crippen molar-refractivity contribution in [2.75, 3.05) is 13.2 Å². The van der Waals surface area contributed by atoms with Gasteiger partial charge in [0.15, 0.2) is 5.57 Å². The minimum absolute atomic E-state index is 0.0932. The van der Waals surface area contributed by atoms with Gasteiger partial charge in [0.25, 0.3) is 5.56 Å². The Balaban J connectivity index is 2.05. The van der Waals surface area contributed by atoms with Gasteiger partial charge in [0.1, 0.15) is 28.3 Å². The van der Waals surface area contributed by atoms with E-state index in [1.807, 2.05) is 37.3 Å². The average Bonchev–Trinajstić information content (AvgIpc) is 3.33.